The second-order valence-corrected chi connectivity index (χ2v) is 5.48. The summed E-state index contributed by atoms with van der Waals surface area (Å²) >= 11 is 3.65. The minimum Gasteiger partial charge on any atom is -0.346 e. The van der Waals surface area contributed by atoms with Crippen LogP contribution in [0.4, 0.5) is 0 Å². The predicted octanol–water partition coefficient (Wildman–Crippen LogP) is 3.28. The van der Waals surface area contributed by atoms with Crippen LogP contribution in [0.2, 0.25) is 0 Å². The van der Waals surface area contributed by atoms with Gasteiger partial charge in [-0.1, -0.05) is 0 Å². The zero-order chi connectivity index (χ0) is 11.3. The summed E-state index contributed by atoms with van der Waals surface area (Å²) in [6.07, 6.45) is 2.68. The second-order valence-electron chi connectivity index (χ2n) is 4.62. The summed E-state index contributed by atoms with van der Waals surface area (Å²) in [5.41, 5.74) is 9.64. The lowest BCUT2D eigenvalue weighted by Gasteiger charge is -2.05. The van der Waals surface area contributed by atoms with Gasteiger partial charge in [0.05, 0.1) is 5.52 Å². The first-order valence-corrected chi connectivity index (χ1v) is 6.48. The van der Waals surface area contributed by atoms with E-state index in [-0.39, 0.29) is 0 Å². The van der Waals surface area contributed by atoms with E-state index in [1.54, 1.807) is 0 Å². The predicted molar refractivity (Wildman–Crippen MR) is 70.5 cm³/mol. The van der Waals surface area contributed by atoms with Gasteiger partial charge in [-0.05, 0) is 58.5 Å². The molecule has 84 valence electrons. The van der Waals surface area contributed by atoms with E-state index in [1.807, 2.05) is 0 Å². The van der Waals surface area contributed by atoms with Gasteiger partial charge in [-0.15, -0.1) is 0 Å². The minimum absolute atomic E-state index is 0.599. The molecule has 1 aliphatic carbocycles. The Morgan fingerprint density at radius 1 is 1.38 bits per heavy atom. The molecule has 2 aromatic rings. The molecule has 0 spiro atoms. The van der Waals surface area contributed by atoms with Crippen LogP contribution in [0.15, 0.2) is 22.7 Å². The molecule has 3 rings (SSSR count). The molecule has 1 saturated carbocycles. The number of fused-ring (bicyclic) bond motifs is 1. The van der Waals surface area contributed by atoms with E-state index in [9.17, 15) is 0 Å². The van der Waals surface area contributed by atoms with Crippen LogP contribution < -0.4 is 5.73 Å². The first-order valence-electron chi connectivity index (χ1n) is 5.68. The summed E-state index contributed by atoms with van der Waals surface area (Å²) in [6.45, 7) is 0.599. The zero-order valence-electron chi connectivity index (χ0n) is 9.33. The van der Waals surface area contributed by atoms with Gasteiger partial charge in [0.1, 0.15) is 0 Å². The van der Waals surface area contributed by atoms with Gasteiger partial charge in [-0.3, -0.25) is 0 Å². The van der Waals surface area contributed by atoms with Gasteiger partial charge in [0, 0.05) is 29.1 Å². The van der Waals surface area contributed by atoms with Gasteiger partial charge in [0.25, 0.3) is 0 Å². The largest absolute Gasteiger partial charge is 0.346 e. The molecule has 0 atom stereocenters. The molecule has 0 amide bonds. The van der Waals surface area contributed by atoms with Gasteiger partial charge in [0.2, 0.25) is 0 Å². The van der Waals surface area contributed by atoms with E-state index >= 15 is 0 Å². The lowest BCUT2D eigenvalue weighted by molar-refractivity contribution is 0.856. The Morgan fingerprint density at radius 3 is 2.75 bits per heavy atom. The Morgan fingerprint density at radius 2 is 2.12 bits per heavy atom. The van der Waals surface area contributed by atoms with Crippen LogP contribution in [0.5, 0.6) is 0 Å². The molecule has 0 radical (unpaired) electrons. The van der Waals surface area contributed by atoms with Gasteiger partial charge in [-0.2, -0.15) is 0 Å². The first kappa shape index (κ1) is 10.4. The number of nitrogens with two attached hydrogens (primary N) is 1. The molecule has 0 bridgehead atoms. The third-order valence-corrected chi connectivity index (χ3v) is 4.01. The summed E-state index contributed by atoms with van der Waals surface area (Å²) in [5.74, 6) is 0.783. The summed E-state index contributed by atoms with van der Waals surface area (Å²) in [6, 6.07) is 6.64. The van der Waals surface area contributed by atoms with Crippen LogP contribution in [0, 0.1) is 0 Å². The number of benzene rings is 1. The standard InChI is InChI=1S/C13H15BrN2/c1-16-12(9-2-3-9)6-10-4-8(7-15)5-11(14)13(10)16/h4-6,9H,2-3,7,15H2,1H3. The van der Waals surface area contributed by atoms with E-state index in [0.29, 0.717) is 6.54 Å². The van der Waals surface area contributed by atoms with E-state index < -0.39 is 0 Å². The van der Waals surface area contributed by atoms with Crippen LogP contribution in [0.1, 0.15) is 30.0 Å². The smallest absolute Gasteiger partial charge is 0.0624 e. The normalized spacial score (nSPS) is 15.9. The molecule has 0 unspecified atom stereocenters. The van der Waals surface area contributed by atoms with Crippen molar-refractivity contribution >= 4 is 26.8 Å². The van der Waals surface area contributed by atoms with Crippen molar-refractivity contribution in [1.29, 1.82) is 0 Å². The summed E-state index contributed by atoms with van der Waals surface area (Å²) in [4.78, 5) is 0. The number of nitrogens with zero attached hydrogens (tertiary/aromatic N) is 1. The molecule has 16 heavy (non-hydrogen) atoms. The highest BCUT2D eigenvalue weighted by molar-refractivity contribution is 9.10. The molecular weight excluding hydrogens is 264 g/mol. The van der Waals surface area contributed by atoms with Crippen LogP contribution >= 0.6 is 15.9 Å². The average molecular weight is 279 g/mol. The van der Waals surface area contributed by atoms with Crippen molar-refractivity contribution in [3.8, 4) is 0 Å². The minimum atomic E-state index is 0.599. The van der Waals surface area contributed by atoms with Crippen molar-refractivity contribution in [2.75, 3.05) is 0 Å². The maximum Gasteiger partial charge on any atom is 0.0624 e. The number of hydrogen-bond donors (Lipinski definition) is 1. The average Bonchev–Trinajstić information content (AvgIpc) is 3.04. The first-order chi connectivity index (χ1) is 7.70. The van der Waals surface area contributed by atoms with Crippen molar-refractivity contribution in [1.82, 2.24) is 4.57 Å². The Balaban J connectivity index is 2.27. The third-order valence-electron chi connectivity index (χ3n) is 3.41. The monoisotopic (exact) mass is 278 g/mol. The lowest BCUT2D eigenvalue weighted by atomic mass is 10.1. The molecule has 0 saturated heterocycles. The molecule has 1 heterocycles. The van der Waals surface area contributed by atoms with Gasteiger partial charge >= 0.3 is 0 Å². The summed E-state index contributed by atoms with van der Waals surface area (Å²) in [5, 5.41) is 1.30. The lowest BCUT2D eigenvalue weighted by Crippen LogP contribution is -1.97. The third kappa shape index (κ3) is 1.50. The quantitative estimate of drug-likeness (QED) is 0.898. The van der Waals surface area contributed by atoms with Crippen LogP contribution in [0.25, 0.3) is 10.9 Å². The number of aromatic nitrogens is 1. The fraction of sp³-hybridized carbons (Fsp3) is 0.385. The SMILES string of the molecule is Cn1c(C2CC2)cc2cc(CN)cc(Br)c21. The topological polar surface area (TPSA) is 30.9 Å². The molecule has 1 aliphatic rings. The molecule has 0 aliphatic heterocycles. The van der Waals surface area contributed by atoms with Crippen LogP contribution in [-0.2, 0) is 13.6 Å². The van der Waals surface area contributed by atoms with Crippen molar-refractivity contribution < 1.29 is 0 Å². The Kier molecular flexibility index (Phi) is 2.33. The van der Waals surface area contributed by atoms with E-state index in [0.717, 1.165) is 10.4 Å². The number of halogens is 1. The fourth-order valence-corrected chi connectivity index (χ4v) is 3.21. The Hall–Kier alpha value is -0.800. The molecule has 1 aromatic carbocycles. The van der Waals surface area contributed by atoms with Crippen molar-refractivity contribution in [2.24, 2.45) is 12.8 Å². The molecule has 2 nitrogen and oxygen atoms in total. The van der Waals surface area contributed by atoms with E-state index in [1.165, 1.54) is 35.0 Å². The summed E-state index contributed by atoms with van der Waals surface area (Å²) < 4.78 is 3.47. The molecule has 1 aromatic heterocycles. The zero-order valence-corrected chi connectivity index (χ0v) is 10.9. The van der Waals surface area contributed by atoms with Gasteiger partial charge in [0.15, 0.2) is 0 Å². The molecule has 2 N–H and O–H groups in total. The van der Waals surface area contributed by atoms with Crippen molar-refractivity contribution in [2.45, 2.75) is 25.3 Å². The number of hydrogen-bond acceptors (Lipinski definition) is 1. The number of aryl methyl sites for hydroxylation is 1. The second kappa shape index (κ2) is 3.60. The maximum absolute atomic E-state index is 5.70. The number of rotatable bonds is 2. The molecule has 3 heteroatoms. The van der Waals surface area contributed by atoms with Gasteiger partial charge in [-0.25, -0.2) is 0 Å². The fourth-order valence-electron chi connectivity index (χ4n) is 2.42. The Bertz CT molecular complexity index is 553. The van der Waals surface area contributed by atoms with Crippen LogP contribution in [-0.4, -0.2) is 4.57 Å². The highest BCUT2D eigenvalue weighted by Gasteiger charge is 2.27. The van der Waals surface area contributed by atoms with E-state index in [4.69, 9.17) is 5.73 Å². The van der Waals surface area contributed by atoms with Crippen molar-refractivity contribution in [3.63, 3.8) is 0 Å². The maximum atomic E-state index is 5.70. The van der Waals surface area contributed by atoms with Gasteiger partial charge < -0.3 is 10.3 Å². The Labute approximate surface area is 104 Å². The van der Waals surface area contributed by atoms with Crippen LogP contribution in [0.3, 0.4) is 0 Å². The van der Waals surface area contributed by atoms with Crippen molar-refractivity contribution in [3.05, 3.63) is 33.9 Å². The summed E-state index contributed by atoms with van der Waals surface area (Å²) in [7, 11) is 2.16. The highest BCUT2D eigenvalue weighted by atomic mass is 79.9. The van der Waals surface area contributed by atoms with E-state index in [2.05, 4.69) is 45.7 Å². The highest BCUT2D eigenvalue weighted by Crippen LogP contribution is 2.42. The molecule has 1 fully saturated rings. The molecular formula is C13H15BrN2.